The van der Waals surface area contributed by atoms with Crippen LogP contribution in [0.5, 0.6) is 0 Å². The third-order valence-corrected chi connectivity index (χ3v) is 5.51. The van der Waals surface area contributed by atoms with E-state index < -0.39 is 10.0 Å². The second kappa shape index (κ2) is 4.87. The molecule has 5 nitrogen and oxygen atoms in total. The van der Waals surface area contributed by atoms with Gasteiger partial charge in [0, 0.05) is 12.6 Å². The van der Waals surface area contributed by atoms with Crippen LogP contribution in [0.25, 0.3) is 0 Å². The zero-order chi connectivity index (χ0) is 13.3. The van der Waals surface area contributed by atoms with Crippen LogP contribution in [0.2, 0.25) is 0 Å². The Morgan fingerprint density at radius 2 is 2.22 bits per heavy atom. The van der Waals surface area contributed by atoms with E-state index in [1.165, 1.54) is 4.31 Å². The Balaban J connectivity index is 2.49. The first kappa shape index (κ1) is 13.3. The maximum atomic E-state index is 12.6. The van der Waals surface area contributed by atoms with Crippen LogP contribution in [0, 0.1) is 6.92 Å². The van der Waals surface area contributed by atoms with Crippen LogP contribution in [-0.2, 0) is 10.0 Å². The van der Waals surface area contributed by atoms with E-state index in [9.17, 15) is 13.5 Å². The second-order valence-electron chi connectivity index (χ2n) is 4.59. The molecule has 0 unspecified atom stereocenters. The SMILES string of the molecule is Cc1cccc(N)c1S(=O)(=O)N1CCC[C@H]1CO. The van der Waals surface area contributed by atoms with Gasteiger partial charge in [0.05, 0.1) is 12.3 Å². The highest BCUT2D eigenvalue weighted by Crippen LogP contribution is 2.30. The predicted octanol–water partition coefficient (Wildman–Crippen LogP) is 0.723. The van der Waals surface area contributed by atoms with Gasteiger partial charge in [0.15, 0.2) is 0 Å². The largest absolute Gasteiger partial charge is 0.398 e. The summed E-state index contributed by atoms with van der Waals surface area (Å²) in [5.41, 5.74) is 6.69. The Kier molecular flexibility index (Phi) is 3.61. The molecule has 1 aromatic rings. The maximum Gasteiger partial charge on any atom is 0.245 e. The molecule has 1 aliphatic heterocycles. The summed E-state index contributed by atoms with van der Waals surface area (Å²) in [6, 6.07) is 4.72. The van der Waals surface area contributed by atoms with Crippen LogP contribution >= 0.6 is 0 Å². The lowest BCUT2D eigenvalue weighted by Crippen LogP contribution is -2.38. The molecule has 6 heteroatoms. The van der Waals surface area contributed by atoms with Gasteiger partial charge in [-0.3, -0.25) is 0 Å². The van der Waals surface area contributed by atoms with Gasteiger partial charge >= 0.3 is 0 Å². The van der Waals surface area contributed by atoms with Crippen molar-refractivity contribution in [1.82, 2.24) is 4.31 Å². The summed E-state index contributed by atoms with van der Waals surface area (Å²) < 4.78 is 26.5. The Morgan fingerprint density at radius 1 is 1.50 bits per heavy atom. The van der Waals surface area contributed by atoms with Crippen LogP contribution in [0.1, 0.15) is 18.4 Å². The minimum Gasteiger partial charge on any atom is -0.398 e. The standard InChI is InChI=1S/C12H18N2O3S/c1-9-4-2-6-11(13)12(9)18(16,17)14-7-3-5-10(14)8-15/h2,4,6,10,15H,3,5,7-8,13H2,1H3/t10-/m0/s1. The van der Waals surface area contributed by atoms with Gasteiger partial charge in [0.1, 0.15) is 4.90 Å². The first-order chi connectivity index (χ1) is 8.48. The lowest BCUT2D eigenvalue weighted by Gasteiger charge is -2.24. The zero-order valence-corrected chi connectivity index (χ0v) is 11.2. The molecule has 0 bridgehead atoms. The van der Waals surface area contributed by atoms with Crippen molar-refractivity contribution in [2.24, 2.45) is 0 Å². The van der Waals surface area contributed by atoms with Crippen molar-refractivity contribution < 1.29 is 13.5 Å². The van der Waals surface area contributed by atoms with Gasteiger partial charge in [-0.2, -0.15) is 4.31 Å². The molecule has 1 fully saturated rings. The minimum absolute atomic E-state index is 0.148. The minimum atomic E-state index is -3.61. The number of aliphatic hydroxyl groups is 1. The van der Waals surface area contributed by atoms with Crippen LogP contribution in [0.4, 0.5) is 5.69 Å². The van der Waals surface area contributed by atoms with E-state index in [1.807, 2.05) is 0 Å². The highest BCUT2D eigenvalue weighted by atomic mass is 32.2. The number of anilines is 1. The molecule has 0 aromatic heterocycles. The molecule has 0 radical (unpaired) electrons. The Bertz CT molecular complexity index is 522. The zero-order valence-electron chi connectivity index (χ0n) is 10.3. The predicted molar refractivity (Wildman–Crippen MR) is 69.6 cm³/mol. The lowest BCUT2D eigenvalue weighted by molar-refractivity contribution is 0.213. The van der Waals surface area contributed by atoms with E-state index in [0.717, 1.165) is 6.42 Å². The molecule has 0 amide bonds. The third-order valence-electron chi connectivity index (χ3n) is 3.34. The van der Waals surface area contributed by atoms with Gasteiger partial charge < -0.3 is 10.8 Å². The number of sulfonamides is 1. The average molecular weight is 270 g/mol. The molecule has 1 heterocycles. The number of hydrogen-bond acceptors (Lipinski definition) is 4. The van der Waals surface area contributed by atoms with Crippen LogP contribution in [0.15, 0.2) is 23.1 Å². The molecule has 0 aliphatic carbocycles. The summed E-state index contributed by atoms with van der Waals surface area (Å²) in [7, 11) is -3.61. The quantitative estimate of drug-likeness (QED) is 0.793. The Morgan fingerprint density at radius 3 is 2.83 bits per heavy atom. The summed E-state index contributed by atoms with van der Waals surface area (Å²) in [5.74, 6) is 0. The summed E-state index contributed by atoms with van der Waals surface area (Å²) >= 11 is 0. The van der Waals surface area contributed by atoms with Crippen LogP contribution in [-0.4, -0.2) is 37.0 Å². The molecule has 1 atom stereocenters. The third kappa shape index (κ3) is 2.11. The molecule has 1 aromatic carbocycles. The number of hydrogen-bond donors (Lipinski definition) is 2. The molecule has 3 N–H and O–H groups in total. The molecule has 1 saturated heterocycles. The van der Waals surface area contributed by atoms with Crippen molar-refractivity contribution >= 4 is 15.7 Å². The van der Waals surface area contributed by atoms with Crippen molar-refractivity contribution in [1.29, 1.82) is 0 Å². The number of aryl methyl sites for hydroxylation is 1. The van der Waals surface area contributed by atoms with Crippen LogP contribution < -0.4 is 5.73 Å². The summed E-state index contributed by atoms with van der Waals surface area (Å²) in [4.78, 5) is 0.172. The van der Waals surface area contributed by atoms with Crippen molar-refractivity contribution in [2.75, 3.05) is 18.9 Å². The van der Waals surface area contributed by atoms with Gasteiger partial charge in [0.25, 0.3) is 0 Å². The highest BCUT2D eigenvalue weighted by Gasteiger charge is 2.36. The fourth-order valence-corrected chi connectivity index (χ4v) is 4.46. The summed E-state index contributed by atoms with van der Waals surface area (Å²) in [6.07, 6.45) is 1.47. The van der Waals surface area contributed by atoms with Gasteiger partial charge in [-0.15, -0.1) is 0 Å². The number of benzene rings is 1. The summed E-state index contributed by atoms with van der Waals surface area (Å²) in [6.45, 7) is 2.03. The van der Waals surface area contributed by atoms with Crippen molar-refractivity contribution in [3.05, 3.63) is 23.8 Å². The molecule has 2 rings (SSSR count). The fraction of sp³-hybridized carbons (Fsp3) is 0.500. The summed E-state index contributed by atoms with van der Waals surface area (Å²) in [5, 5.41) is 9.25. The molecule has 100 valence electrons. The molecule has 18 heavy (non-hydrogen) atoms. The topological polar surface area (TPSA) is 83.6 Å². The van der Waals surface area contributed by atoms with Gasteiger partial charge in [-0.1, -0.05) is 12.1 Å². The number of nitrogen functional groups attached to an aromatic ring is 1. The number of rotatable bonds is 3. The molecule has 1 aliphatic rings. The average Bonchev–Trinajstić information content (AvgIpc) is 2.77. The number of aliphatic hydroxyl groups excluding tert-OH is 1. The monoisotopic (exact) mass is 270 g/mol. The lowest BCUT2D eigenvalue weighted by atomic mass is 10.2. The van der Waals surface area contributed by atoms with Crippen molar-refractivity contribution in [3.63, 3.8) is 0 Å². The maximum absolute atomic E-state index is 12.6. The van der Waals surface area contributed by atoms with E-state index in [4.69, 9.17) is 5.73 Å². The molecule has 0 saturated carbocycles. The number of nitrogens with two attached hydrogens (primary N) is 1. The van der Waals surface area contributed by atoms with E-state index in [1.54, 1.807) is 25.1 Å². The van der Waals surface area contributed by atoms with E-state index in [-0.39, 0.29) is 23.2 Å². The van der Waals surface area contributed by atoms with E-state index in [2.05, 4.69) is 0 Å². The van der Waals surface area contributed by atoms with Crippen molar-refractivity contribution in [2.45, 2.75) is 30.7 Å². The first-order valence-corrected chi connectivity index (χ1v) is 7.40. The van der Waals surface area contributed by atoms with Gasteiger partial charge in [0.2, 0.25) is 10.0 Å². The van der Waals surface area contributed by atoms with Crippen molar-refractivity contribution in [3.8, 4) is 0 Å². The second-order valence-corrected chi connectivity index (χ2v) is 6.42. The van der Waals surface area contributed by atoms with Crippen LogP contribution in [0.3, 0.4) is 0 Å². The highest BCUT2D eigenvalue weighted by molar-refractivity contribution is 7.89. The smallest absolute Gasteiger partial charge is 0.245 e. The number of nitrogens with zero attached hydrogens (tertiary/aromatic N) is 1. The van der Waals surface area contributed by atoms with E-state index >= 15 is 0 Å². The van der Waals surface area contributed by atoms with Gasteiger partial charge in [-0.05, 0) is 31.4 Å². The first-order valence-electron chi connectivity index (χ1n) is 5.96. The Labute approximate surface area is 107 Å². The van der Waals surface area contributed by atoms with E-state index in [0.29, 0.717) is 18.5 Å². The van der Waals surface area contributed by atoms with Gasteiger partial charge in [-0.25, -0.2) is 8.42 Å². The Hall–Kier alpha value is -1.11. The normalized spacial score (nSPS) is 21.3. The molecular formula is C12H18N2O3S. The molecular weight excluding hydrogens is 252 g/mol. The fourth-order valence-electron chi connectivity index (χ4n) is 2.45. The molecule has 0 spiro atoms.